The molecule has 1 fully saturated rings. The minimum absolute atomic E-state index is 0.0225. The van der Waals surface area contributed by atoms with Gasteiger partial charge in [0.2, 0.25) is 0 Å². The number of aryl methyl sites for hydroxylation is 1. The summed E-state index contributed by atoms with van der Waals surface area (Å²) in [6.45, 7) is 3.03. The zero-order chi connectivity index (χ0) is 23.8. The minimum Gasteiger partial charge on any atom is -0.339 e. The fraction of sp³-hybridized carbons (Fsp3) is 0.231. The van der Waals surface area contributed by atoms with E-state index in [9.17, 15) is 14.4 Å². The number of hydrogen-bond donors (Lipinski definition) is 0. The summed E-state index contributed by atoms with van der Waals surface area (Å²) in [7, 11) is 0. The third kappa shape index (κ3) is 3.82. The maximum atomic E-state index is 13.8. The molecule has 0 aliphatic carbocycles. The predicted octanol–water partition coefficient (Wildman–Crippen LogP) is 3.79. The lowest BCUT2D eigenvalue weighted by molar-refractivity contribution is 0.0794. The Hall–Kier alpha value is -3.71. The largest absolute Gasteiger partial charge is 0.339 e. The molecule has 0 radical (unpaired) electrons. The first-order valence-electron chi connectivity index (χ1n) is 11.2. The van der Waals surface area contributed by atoms with Crippen LogP contribution in [-0.2, 0) is 6.54 Å². The third-order valence-electron chi connectivity index (χ3n) is 6.15. The Labute approximate surface area is 200 Å². The van der Waals surface area contributed by atoms with E-state index in [0.29, 0.717) is 35.1 Å². The number of likely N-dealkylation sites (tertiary alicyclic amines) is 1. The van der Waals surface area contributed by atoms with Gasteiger partial charge >= 0.3 is 5.69 Å². The van der Waals surface area contributed by atoms with Gasteiger partial charge in [0.05, 0.1) is 23.2 Å². The summed E-state index contributed by atoms with van der Waals surface area (Å²) in [5.74, 6) is -0.215. The maximum absolute atomic E-state index is 13.8. The van der Waals surface area contributed by atoms with Gasteiger partial charge in [-0.25, -0.2) is 14.3 Å². The fourth-order valence-electron chi connectivity index (χ4n) is 4.47. The average molecular weight is 475 g/mol. The first-order chi connectivity index (χ1) is 16.5. The molecule has 1 aliphatic heterocycles. The van der Waals surface area contributed by atoms with Gasteiger partial charge in [0.15, 0.2) is 5.65 Å². The highest BCUT2D eigenvalue weighted by Gasteiger charge is 2.26. The van der Waals surface area contributed by atoms with Crippen LogP contribution < -0.4 is 11.2 Å². The summed E-state index contributed by atoms with van der Waals surface area (Å²) in [6, 6.07) is 17.7. The van der Waals surface area contributed by atoms with Crippen molar-refractivity contribution in [1.29, 1.82) is 0 Å². The normalized spacial score (nSPS) is 13.5. The molecule has 1 saturated heterocycles. The van der Waals surface area contributed by atoms with Crippen molar-refractivity contribution in [3.05, 3.63) is 103 Å². The molecule has 7 nitrogen and oxygen atoms in total. The summed E-state index contributed by atoms with van der Waals surface area (Å²) in [4.78, 5) is 47.3. The van der Waals surface area contributed by atoms with Crippen molar-refractivity contribution < 1.29 is 4.79 Å². The number of halogens is 1. The molecule has 2 aromatic heterocycles. The number of nitrogens with zero attached hydrogens (tertiary/aromatic N) is 4. The Balaban J connectivity index is 1.86. The van der Waals surface area contributed by atoms with Gasteiger partial charge in [-0.15, -0.1) is 0 Å². The van der Waals surface area contributed by atoms with E-state index in [1.807, 2.05) is 18.2 Å². The van der Waals surface area contributed by atoms with Crippen molar-refractivity contribution >= 4 is 28.5 Å². The van der Waals surface area contributed by atoms with E-state index in [1.165, 1.54) is 4.57 Å². The van der Waals surface area contributed by atoms with E-state index in [4.69, 9.17) is 11.6 Å². The molecule has 0 spiro atoms. The van der Waals surface area contributed by atoms with Crippen LogP contribution in [-0.4, -0.2) is 38.0 Å². The number of aromatic nitrogens is 3. The highest BCUT2D eigenvalue weighted by Crippen LogP contribution is 2.22. The van der Waals surface area contributed by atoms with Crippen LogP contribution in [0.1, 0.15) is 34.5 Å². The lowest BCUT2D eigenvalue weighted by Crippen LogP contribution is -2.41. The summed E-state index contributed by atoms with van der Waals surface area (Å²) in [5.41, 5.74) is 1.11. The number of carbonyl (C=O) groups is 1. The summed E-state index contributed by atoms with van der Waals surface area (Å²) in [5, 5.41) is 0.591. The van der Waals surface area contributed by atoms with E-state index in [1.54, 1.807) is 54.3 Å². The molecule has 3 heterocycles. The number of para-hydroxylation sites is 1. The molecule has 0 N–H and O–H groups in total. The number of benzene rings is 2. The van der Waals surface area contributed by atoms with Gasteiger partial charge in [-0.3, -0.25) is 14.2 Å². The van der Waals surface area contributed by atoms with Crippen molar-refractivity contribution in [2.24, 2.45) is 0 Å². The average Bonchev–Trinajstić information content (AvgIpc) is 3.37. The van der Waals surface area contributed by atoms with Gasteiger partial charge in [-0.1, -0.05) is 48.0 Å². The molecule has 1 aliphatic rings. The zero-order valence-electron chi connectivity index (χ0n) is 18.7. The number of amides is 1. The second-order valence-electron chi connectivity index (χ2n) is 8.45. The number of pyridine rings is 1. The maximum Gasteiger partial charge on any atom is 0.337 e. The van der Waals surface area contributed by atoms with Gasteiger partial charge in [-0.2, -0.15) is 0 Å². The van der Waals surface area contributed by atoms with E-state index in [-0.39, 0.29) is 29.0 Å². The van der Waals surface area contributed by atoms with Gasteiger partial charge in [0.1, 0.15) is 0 Å². The Kier molecular flexibility index (Phi) is 5.79. The molecule has 4 aromatic rings. The van der Waals surface area contributed by atoms with Crippen LogP contribution in [0.2, 0.25) is 5.02 Å². The number of carbonyl (C=O) groups excluding carboxylic acids is 1. The van der Waals surface area contributed by atoms with Crippen molar-refractivity contribution in [1.82, 2.24) is 19.0 Å². The Morgan fingerprint density at radius 2 is 1.68 bits per heavy atom. The molecule has 2 aromatic carbocycles. The fourth-order valence-corrected chi connectivity index (χ4v) is 4.66. The quantitative estimate of drug-likeness (QED) is 0.451. The number of hydrogen-bond acceptors (Lipinski definition) is 4. The summed E-state index contributed by atoms with van der Waals surface area (Å²) < 4.78 is 2.54. The highest BCUT2D eigenvalue weighted by atomic mass is 35.5. The zero-order valence-corrected chi connectivity index (χ0v) is 19.5. The Bertz CT molecular complexity index is 1520. The summed E-state index contributed by atoms with van der Waals surface area (Å²) in [6.07, 6.45) is 1.86. The highest BCUT2D eigenvalue weighted by molar-refractivity contribution is 6.31. The number of rotatable bonds is 4. The van der Waals surface area contributed by atoms with Crippen LogP contribution in [0.4, 0.5) is 0 Å². The van der Waals surface area contributed by atoms with Crippen molar-refractivity contribution in [3.63, 3.8) is 0 Å². The van der Waals surface area contributed by atoms with Gasteiger partial charge in [-0.05, 0) is 49.6 Å². The molecule has 0 atom stereocenters. The van der Waals surface area contributed by atoms with Crippen LogP contribution >= 0.6 is 11.6 Å². The monoisotopic (exact) mass is 474 g/mol. The molecule has 5 rings (SSSR count). The van der Waals surface area contributed by atoms with Crippen molar-refractivity contribution in [2.45, 2.75) is 26.3 Å². The van der Waals surface area contributed by atoms with Crippen LogP contribution in [0.25, 0.3) is 16.7 Å². The minimum atomic E-state index is -0.554. The second kappa shape index (κ2) is 8.91. The molecule has 0 bridgehead atoms. The van der Waals surface area contributed by atoms with Crippen LogP contribution in [0, 0.1) is 6.92 Å². The first kappa shape index (κ1) is 22.1. The van der Waals surface area contributed by atoms with E-state index in [2.05, 4.69) is 4.98 Å². The molecule has 8 heteroatoms. The van der Waals surface area contributed by atoms with E-state index < -0.39 is 11.2 Å². The lowest BCUT2D eigenvalue weighted by atomic mass is 10.1. The Morgan fingerprint density at radius 1 is 1.00 bits per heavy atom. The lowest BCUT2D eigenvalue weighted by Gasteiger charge is -2.19. The first-order valence-corrected chi connectivity index (χ1v) is 11.6. The van der Waals surface area contributed by atoms with Crippen LogP contribution in [0.15, 0.2) is 70.3 Å². The van der Waals surface area contributed by atoms with Gasteiger partial charge in [0.25, 0.3) is 11.5 Å². The molecular formula is C26H23ClN4O3. The molecule has 34 heavy (non-hydrogen) atoms. The van der Waals surface area contributed by atoms with Crippen molar-refractivity contribution in [3.8, 4) is 5.69 Å². The van der Waals surface area contributed by atoms with Crippen LogP contribution in [0.3, 0.4) is 0 Å². The third-order valence-corrected chi connectivity index (χ3v) is 6.51. The van der Waals surface area contributed by atoms with E-state index in [0.717, 1.165) is 17.4 Å². The van der Waals surface area contributed by atoms with Crippen LogP contribution in [0.5, 0.6) is 0 Å². The van der Waals surface area contributed by atoms with E-state index >= 15 is 0 Å². The summed E-state index contributed by atoms with van der Waals surface area (Å²) >= 11 is 6.35. The smallest absolute Gasteiger partial charge is 0.337 e. The SMILES string of the molecule is Cc1cc(C(=O)N2CCCC2)c2c(=O)n(Cc3ccccc3Cl)c(=O)n(-c3ccccc3)c2n1. The molecular weight excluding hydrogens is 452 g/mol. The Morgan fingerprint density at radius 3 is 2.38 bits per heavy atom. The molecule has 172 valence electrons. The van der Waals surface area contributed by atoms with Gasteiger partial charge < -0.3 is 4.90 Å². The topological polar surface area (TPSA) is 77.2 Å². The molecule has 0 saturated carbocycles. The predicted molar refractivity (Wildman–Crippen MR) is 132 cm³/mol. The van der Waals surface area contributed by atoms with Gasteiger partial charge in [0, 0.05) is 23.8 Å². The second-order valence-corrected chi connectivity index (χ2v) is 8.85. The molecule has 1 amide bonds. The molecule has 0 unspecified atom stereocenters. The standard InChI is InChI=1S/C26H23ClN4O3/c1-17-15-20(24(32)29-13-7-8-14-29)22-23(28-17)31(19-10-3-2-4-11-19)26(34)30(25(22)33)16-18-9-5-6-12-21(18)27/h2-6,9-12,15H,7-8,13-14,16H2,1H3. The number of fused-ring (bicyclic) bond motifs is 1. The van der Waals surface area contributed by atoms with Crippen molar-refractivity contribution in [2.75, 3.05) is 13.1 Å².